The van der Waals surface area contributed by atoms with Crippen LogP contribution in [-0.4, -0.2) is 73.0 Å². The summed E-state index contributed by atoms with van der Waals surface area (Å²) in [5.41, 5.74) is 0.809. The van der Waals surface area contributed by atoms with E-state index in [2.05, 4.69) is 5.32 Å². The highest BCUT2D eigenvalue weighted by Gasteiger charge is 2.33. The van der Waals surface area contributed by atoms with Crippen LogP contribution in [0.25, 0.3) is 6.08 Å². The molecule has 0 aliphatic carbocycles. The quantitative estimate of drug-likeness (QED) is 0.465. The molecule has 2 fully saturated rings. The number of thioether (sulfide) groups is 1. The van der Waals surface area contributed by atoms with Crippen LogP contribution in [0, 0.1) is 5.92 Å². The highest BCUT2D eigenvalue weighted by atomic mass is 32.2. The number of nitrogens with zero attached hydrogens (tertiary/aromatic N) is 2. The summed E-state index contributed by atoms with van der Waals surface area (Å²) in [4.78, 5) is 27.2. The Balaban J connectivity index is 1.28. The summed E-state index contributed by atoms with van der Waals surface area (Å²) in [6.07, 6.45) is 3.91. The first-order valence-electron chi connectivity index (χ1n) is 10.1. The van der Waals surface area contributed by atoms with Crippen molar-refractivity contribution in [1.29, 1.82) is 0 Å². The second-order valence-corrected chi connectivity index (χ2v) is 11.3. The van der Waals surface area contributed by atoms with E-state index in [0.29, 0.717) is 46.7 Å². The van der Waals surface area contributed by atoms with Gasteiger partial charge in [-0.3, -0.25) is 14.5 Å². The molecule has 0 atom stereocenters. The van der Waals surface area contributed by atoms with Gasteiger partial charge in [-0.15, -0.1) is 0 Å². The SMILES string of the molecule is CS(=O)(=O)N1CCC(C(=O)NCCN2C(=O)/C(=C\c3ccc4c(c3)OCO4)SC2=S)CC1. The monoisotopic (exact) mass is 497 g/mol. The lowest BCUT2D eigenvalue weighted by molar-refractivity contribution is -0.127. The van der Waals surface area contributed by atoms with E-state index in [9.17, 15) is 18.0 Å². The van der Waals surface area contributed by atoms with Gasteiger partial charge >= 0.3 is 0 Å². The minimum atomic E-state index is -3.22. The molecule has 3 aliphatic rings. The van der Waals surface area contributed by atoms with Gasteiger partial charge in [0.2, 0.25) is 22.7 Å². The minimum absolute atomic E-state index is 0.125. The van der Waals surface area contributed by atoms with Gasteiger partial charge < -0.3 is 14.8 Å². The normalized spacial score (nSPS) is 20.9. The Kier molecular flexibility index (Phi) is 6.75. The largest absolute Gasteiger partial charge is 0.454 e. The average molecular weight is 498 g/mol. The molecule has 1 N–H and O–H groups in total. The molecule has 1 aromatic carbocycles. The molecular formula is C20H23N3O6S3. The van der Waals surface area contributed by atoms with Crippen molar-refractivity contribution in [2.24, 2.45) is 5.92 Å². The fourth-order valence-electron chi connectivity index (χ4n) is 3.73. The number of carbonyl (C=O) groups excluding carboxylic acids is 2. The molecule has 0 spiro atoms. The molecule has 3 aliphatic heterocycles. The number of fused-ring (bicyclic) bond motifs is 1. The van der Waals surface area contributed by atoms with Crippen molar-refractivity contribution in [3.63, 3.8) is 0 Å². The summed E-state index contributed by atoms with van der Waals surface area (Å²) >= 11 is 6.57. The summed E-state index contributed by atoms with van der Waals surface area (Å²) in [5.74, 6) is 0.754. The number of hydrogen-bond donors (Lipinski definition) is 1. The number of ether oxygens (including phenoxy) is 2. The predicted octanol–water partition coefficient (Wildman–Crippen LogP) is 1.40. The van der Waals surface area contributed by atoms with Crippen molar-refractivity contribution in [2.45, 2.75) is 12.8 Å². The second-order valence-electron chi connectivity index (χ2n) is 7.67. The number of sulfonamides is 1. The molecule has 4 rings (SSSR count). The first kappa shape index (κ1) is 23.0. The Bertz CT molecular complexity index is 1080. The topological polar surface area (TPSA) is 105 Å². The van der Waals surface area contributed by atoms with Crippen LogP contribution >= 0.6 is 24.0 Å². The van der Waals surface area contributed by atoms with Gasteiger partial charge in [-0.2, -0.15) is 0 Å². The van der Waals surface area contributed by atoms with Crippen molar-refractivity contribution < 1.29 is 27.5 Å². The predicted molar refractivity (Wildman–Crippen MR) is 125 cm³/mol. The third-order valence-corrected chi connectivity index (χ3v) is 8.18. The molecule has 0 unspecified atom stereocenters. The van der Waals surface area contributed by atoms with Crippen molar-refractivity contribution in [3.8, 4) is 11.5 Å². The van der Waals surface area contributed by atoms with Crippen LogP contribution in [0.2, 0.25) is 0 Å². The Hall–Kier alpha value is -2.15. The molecule has 172 valence electrons. The summed E-state index contributed by atoms with van der Waals surface area (Å²) in [5, 5.41) is 2.85. The zero-order valence-corrected chi connectivity index (χ0v) is 19.9. The maximum absolute atomic E-state index is 12.8. The first-order valence-corrected chi connectivity index (χ1v) is 13.2. The van der Waals surface area contributed by atoms with E-state index in [0.717, 1.165) is 5.56 Å². The lowest BCUT2D eigenvalue weighted by atomic mass is 9.97. The van der Waals surface area contributed by atoms with E-state index in [4.69, 9.17) is 21.7 Å². The number of rotatable bonds is 6. The molecule has 32 heavy (non-hydrogen) atoms. The Morgan fingerprint density at radius 2 is 2.00 bits per heavy atom. The average Bonchev–Trinajstić information content (AvgIpc) is 3.32. The number of amides is 2. The van der Waals surface area contributed by atoms with Gasteiger partial charge in [0.25, 0.3) is 5.91 Å². The van der Waals surface area contributed by atoms with E-state index in [1.165, 1.54) is 27.2 Å². The van der Waals surface area contributed by atoms with E-state index in [-0.39, 0.29) is 37.6 Å². The van der Waals surface area contributed by atoms with Crippen molar-refractivity contribution in [3.05, 3.63) is 28.7 Å². The van der Waals surface area contributed by atoms with Crippen LogP contribution in [0.3, 0.4) is 0 Å². The van der Waals surface area contributed by atoms with Crippen LogP contribution in [0.4, 0.5) is 0 Å². The fraction of sp³-hybridized carbons (Fsp3) is 0.450. The Labute approximate surface area is 196 Å². The Morgan fingerprint density at radius 1 is 1.28 bits per heavy atom. The third kappa shape index (κ3) is 5.08. The smallest absolute Gasteiger partial charge is 0.266 e. The zero-order valence-electron chi connectivity index (χ0n) is 17.4. The standard InChI is InChI=1S/C20H23N3O6S3/c1-32(26,27)22-7-4-14(5-8-22)18(24)21-6-9-23-19(25)17(31-20(23)30)11-13-2-3-15-16(10-13)29-12-28-15/h2-3,10-11,14H,4-9,12H2,1H3,(H,21,24)/b17-11+. The molecular weight excluding hydrogens is 474 g/mol. The van der Waals surface area contributed by atoms with Gasteiger partial charge in [-0.05, 0) is 36.6 Å². The molecule has 1 aromatic rings. The highest BCUT2D eigenvalue weighted by molar-refractivity contribution is 8.26. The van der Waals surface area contributed by atoms with Gasteiger partial charge in [0.05, 0.1) is 11.2 Å². The zero-order chi connectivity index (χ0) is 22.9. The summed E-state index contributed by atoms with van der Waals surface area (Å²) in [6, 6.07) is 5.45. The van der Waals surface area contributed by atoms with Crippen LogP contribution in [0.5, 0.6) is 11.5 Å². The number of thiocarbonyl (C=S) groups is 1. The van der Waals surface area contributed by atoms with Crippen LogP contribution in [0.15, 0.2) is 23.1 Å². The maximum atomic E-state index is 12.8. The first-order chi connectivity index (χ1) is 15.2. The fourth-order valence-corrected chi connectivity index (χ4v) is 5.91. The van der Waals surface area contributed by atoms with E-state index in [1.54, 1.807) is 12.1 Å². The molecule has 0 saturated carbocycles. The number of hydrogen-bond acceptors (Lipinski definition) is 8. The summed E-state index contributed by atoms with van der Waals surface area (Å²) in [6.45, 7) is 1.42. The van der Waals surface area contributed by atoms with Crippen molar-refractivity contribution >= 4 is 56.2 Å². The molecule has 0 radical (unpaired) electrons. The molecule has 0 aromatic heterocycles. The molecule has 2 amide bonds. The lowest BCUT2D eigenvalue weighted by Crippen LogP contribution is -2.44. The highest BCUT2D eigenvalue weighted by Crippen LogP contribution is 2.36. The maximum Gasteiger partial charge on any atom is 0.266 e. The van der Waals surface area contributed by atoms with Crippen molar-refractivity contribution in [1.82, 2.24) is 14.5 Å². The molecule has 2 saturated heterocycles. The number of carbonyl (C=O) groups is 2. The molecule has 3 heterocycles. The lowest BCUT2D eigenvalue weighted by Gasteiger charge is -2.29. The summed E-state index contributed by atoms with van der Waals surface area (Å²) in [7, 11) is -3.22. The molecule has 0 bridgehead atoms. The van der Waals surface area contributed by atoms with Gasteiger partial charge in [0.15, 0.2) is 11.5 Å². The van der Waals surface area contributed by atoms with Crippen LogP contribution < -0.4 is 14.8 Å². The molecule has 12 heteroatoms. The van der Waals surface area contributed by atoms with E-state index in [1.807, 2.05) is 12.1 Å². The summed E-state index contributed by atoms with van der Waals surface area (Å²) < 4.78 is 35.7. The van der Waals surface area contributed by atoms with Gasteiger partial charge in [-0.25, -0.2) is 12.7 Å². The number of benzene rings is 1. The number of piperidine rings is 1. The molecule has 9 nitrogen and oxygen atoms in total. The van der Waals surface area contributed by atoms with E-state index < -0.39 is 10.0 Å². The van der Waals surface area contributed by atoms with Crippen molar-refractivity contribution in [2.75, 3.05) is 39.2 Å². The second kappa shape index (κ2) is 9.38. The minimum Gasteiger partial charge on any atom is -0.454 e. The van der Waals surface area contributed by atoms with Crippen LogP contribution in [0.1, 0.15) is 18.4 Å². The van der Waals surface area contributed by atoms with E-state index >= 15 is 0 Å². The van der Waals surface area contributed by atoms with Gasteiger partial charge in [0.1, 0.15) is 4.32 Å². The third-order valence-electron chi connectivity index (χ3n) is 5.50. The Morgan fingerprint density at radius 3 is 2.72 bits per heavy atom. The van der Waals surface area contributed by atoms with Gasteiger partial charge in [-0.1, -0.05) is 30.0 Å². The van der Waals surface area contributed by atoms with Crippen LogP contribution in [-0.2, 0) is 19.6 Å². The van der Waals surface area contributed by atoms with Gasteiger partial charge in [0, 0.05) is 32.1 Å². The number of nitrogens with one attached hydrogen (secondary N) is 1.